The summed E-state index contributed by atoms with van der Waals surface area (Å²) in [6.07, 6.45) is 6.10. The average Bonchev–Trinajstić information content (AvgIpc) is 3.05. The highest BCUT2D eigenvalue weighted by Crippen LogP contribution is 2.13. The van der Waals surface area contributed by atoms with Gasteiger partial charge in [0.05, 0.1) is 5.56 Å². The molecule has 1 aromatic rings. The van der Waals surface area contributed by atoms with Crippen LogP contribution in [-0.2, 0) is 0 Å². The van der Waals surface area contributed by atoms with Crippen LogP contribution >= 0.6 is 0 Å². The first-order chi connectivity index (χ1) is 9.20. The molecular weight excluding hydrogens is 240 g/mol. The SMILES string of the molecule is CCCCN(CC1CCCN1)C(=O)c1coc(C)c1. The normalized spacial score (nSPS) is 18.7. The van der Waals surface area contributed by atoms with Crippen molar-refractivity contribution in [2.24, 2.45) is 0 Å². The lowest BCUT2D eigenvalue weighted by Crippen LogP contribution is -2.41. The van der Waals surface area contributed by atoms with Gasteiger partial charge in [0, 0.05) is 19.1 Å². The maximum Gasteiger partial charge on any atom is 0.257 e. The van der Waals surface area contributed by atoms with Gasteiger partial charge in [-0.3, -0.25) is 4.79 Å². The summed E-state index contributed by atoms with van der Waals surface area (Å²) in [5.41, 5.74) is 0.673. The van der Waals surface area contributed by atoms with Crippen LogP contribution in [-0.4, -0.2) is 36.5 Å². The summed E-state index contributed by atoms with van der Waals surface area (Å²) in [6, 6.07) is 2.28. The van der Waals surface area contributed by atoms with Crippen molar-refractivity contribution >= 4 is 5.91 Å². The van der Waals surface area contributed by atoms with E-state index in [1.807, 2.05) is 17.9 Å². The summed E-state index contributed by atoms with van der Waals surface area (Å²) in [5, 5.41) is 3.46. The second kappa shape index (κ2) is 6.75. The number of rotatable bonds is 6. The molecule has 1 amide bonds. The molecule has 1 N–H and O–H groups in total. The number of amides is 1. The summed E-state index contributed by atoms with van der Waals surface area (Å²) < 4.78 is 5.25. The van der Waals surface area contributed by atoms with Crippen LogP contribution < -0.4 is 5.32 Å². The van der Waals surface area contributed by atoms with Gasteiger partial charge in [-0.05, 0) is 38.8 Å². The molecular formula is C15H24N2O2. The van der Waals surface area contributed by atoms with Crippen molar-refractivity contribution in [1.29, 1.82) is 0 Å². The van der Waals surface area contributed by atoms with Crippen LogP contribution in [0.15, 0.2) is 16.7 Å². The van der Waals surface area contributed by atoms with Crippen LogP contribution in [0.1, 0.15) is 48.7 Å². The highest BCUT2D eigenvalue weighted by Gasteiger charge is 2.22. The standard InChI is InChI=1S/C15H24N2O2/c1-3-4-8-17(10-14-6-5-7-16-14)15(18)13-9-12(2)19-11-13/h9,11,14,16H,3-8,10H2,1-2H3. The minimum absolute atomic E-state index is 0.0963. The van der Waals surface area contributed by atoms with Crippen LogP contribution in [0.4, 0.5) is 0 Å². The maximum atomic E-state index is 12.5. The van der Waals surface area contributed by atoms with E-state index in [-0.39, 0.29) is 5.91 Å². The van der Waals surface area contributed by atoms with E-state index in [9.17, 15) is 4.79 Å². The molecule has 0 bridgehead atoms. The Bertz CT molecular complexity index is 408. The molecule has 106 valence electrons. The Morgan fingerprint density at radius 3 is 3.00 bits per heavy atom. The fourth-order valence-electron chi connectivity index (χ4n) is 2.54. The summed E-state index contributed by atoms with van der Waals surface area (Å²) >= 11 is 0. The lowest BCUT2D eigenvalue weighted by atomic mass is 10.2. The molecule has 0 spiro atoms. The molecule has 1 fully saturated rings. The molecule has 1 saturated heterocycles. The first kappa shape index (κ1) is 14.1. The van der Waals surface area contributed by atoms with E-state index < -0.39 is 0 Å². The Labute approximate surface area is 115 Å². The van der Waals surface area contributed by atoms with Crippen molar-refractivity contribution in [2.45, 2.75) is 45.6 Å². The third-order valence-corrected chi connectivity index (χ3v) is 3.65. The Morgan fingerprint density at radius 2 is 2.42 bits per heavy atom. The van der Waals surface area contributed by atoms with Crippen molar-refractivity contribution in [1.82, 2.24) is 10.2 Å². The highest BCUT2D eigenvalue weighted by atomic mass is 16.3. The number of unbranched alkanes of at least 4 members (excludes halogenated alkanes) is 1. The minimum Gasteiger partial charge on any atom is -0.469 e. The highest BCUT2D eigenvalue weighted by molar-refractivity contribution is 5.94. The van der Waals surface area contributed by atoms with Crippen molar-refractivity contribution in [3.05, 3.63) is 23.7 Å². The van der Waals surface area contributed by atoms with E-state index >= 15 is 0 Å². The third-order valence-electron chi connectivity index (χ3n) is 3.65. The van der Waals surface area contributed by atoms with Crippen LogP contribution in [0, 0.1) is 6.92 Å². The van der Waals surface area contributed by atoms with Crippen LogP contribution in [0.25, 0.3) is 0 Å². The molecule has 4 nitrogen and oxygen atoms in total. The van der Waals surface area contributed by atoms with Crippen LogP contribution in [0.2, 0.25) is 0 Å². The second-order valence-electron chi connectivity index (χ2n) is 5.34. The zero-order valence-electron chi connectivity index (χ0n) is 11.9. The molecule has 1 unspecified atom stereocenters. The molecule has 1 atom stereocenters. The number of furan rings is 1. The topological polar surface area (TPSA) is 45.5 Å². The van der Waals surface area contributed by atoms with Gasteiger partial charge in [0.25, 0.3) is 5.91 Å². The molecule has 0 aliphatic carbocycles. The first-order valence-electron chi connectivity index (χ1n) is 7.28. The molecule has 4 heteroatoms. The molecule has 2 heterocycles. The average molecular weight is 264 g/mol. The molecule has 0 radical (unpaired) electrons. The molecule has 0 saturated carbocycles. The van der Waals surface area contributed by atoms with E-state index in [1.54, 1.807) is 6.26 Å². The quantitative estimate of drug-likeness (QED) is 0.859. The molecule has 1 aliphatic heterocycles. The van der Waals surface area contributed by atoms with Crippen molar-refractivity contribution < 1.29 is 9.21 Å². The van der Waals surface area contributed by atoms with Crippen molar-refractivity contribution in [3.8, 4) is 0 Å². The molecule has 1 aliphatic rings. The number of nitrogens with zero attached hydrogens (tertiary/aromatic N) is 1. The van der Waals surface area contributed by atoms with E-state index in [2.05, 4.69) is 12.2 Å². The maximum absolute atomic E-state index is 12.5. The van der Waals surface area contributed by atoms with E-state index in [1.165, 1.54) is 12.8 Å². The van der Waals surface area contributed by atoms with Gasteiger partial charge in [0.2, 0.25) is 0 Å². The summed E-state index contributed by atoms with van der Waals surface area (Å²) in [7, 11) is 0. The number of hydrogen-bond acceptors (Lipinski definition) is 3. The Hall–Kier alpha value is -1.29. The van der Waals surface area contributed by atoms with Gasteiger partial charge in [-0.1, -0.05) is 13.3 Å². The number of aryl methyl sites for hydroxylation is 1. The predicted molar refractivity (Wildman–Crippen MR) is 75.3 cm³/mol. The summed E-state index contributed by atoms with van der Waals surface area (Å²) in [5.74, 6) is 0.886. The number of carbonyl (C=O) groups is 1. The lowest BCUT2D eigenvalue weighted by molar-refractivity contribution is 0.0739. The van der Waals surface area contributed by atoms with Gasteiger partial charge in [-0.15, -0.1) is 0 Å². The van der Waals surface area contributed by atoms with Gasteiger partial charge < -0.3 is 14.6 Å². The lowest BCUT2D eigenvalue weighted by Gasteiger charge is -2.25. The largest absolute Gasteiger partial charge is 0.469 e. The van der Waals surface area contributed by atoms with Gasteiger partial charge in [0.1, 0.15) is 12.0 Å². The number of nitrogens with one attached hydrogen (secondary N) is 1. The Balaban J connectivity index is 2.00. The van der Waals surface area contributed by atoms with E-state index in [0.717, 1.165) is 38.2 Å². The second-order valence-corrected chi connectivity index (χ2v) is 5.34. The zero-order valence-corrected chi connectivity index (χ0v) is 11.9. The van der Waals surface area contributed by atoms with Gasteiger partial charge in [0.15, 0.2) is 0 Å². The van der Waals surface area contributed by atoms with Gasteiger partial charge in [-0.2, -0.15) is 0 Å². The smallest absolute Gasteiger partial charge is 0.257 e. The Morgan fingerprint density at radius 1 is 1.58 bits per heavy atom. The number of hydrogen-bond donors (Lipinski definition) is 1. The van der Waals surface area contributed by atoms with Crippen molar-refractivity contribution in [3.63, 3.8) is 0 Å². The van der Waals surface area contributed by atoms with E-state index in [0.29, 0.717) is 11.6 Å². The monoisotopic (exact) mass is 264 g/mol. The molecule has 2 rings (SSSR count). The molecule has 0 aromatic carbocycles. The summed E-state index contributed by atoms with van der Waals surface area (Å²) in [4.78, 5) is 14.5. The zero-order chi connectivity index (χ0) is 13.7. The fourth-order valence-corrected chi connectivity index (χ4v) is 2.54. The fraction of sp³-hybridized carbons (Fsp3) is 0.667. The Kier molecular flexibility index (Phi) is 5.02. The van der Waals surface area contributed by atoms with Gasteiger partial charge >= 0.3 is 0 Å². The molecule has 1 aromatic heterocycles. The number of carbonyl (C=O) groups excluding carboxylic acids is 1. The minimum atomic E-state index is 0.0963. The van der Waals surface area contributed by atoms with E-state index in [4.69, 9.17) is 4.42 Å². The molecule has 19 heavy (non-hydrogen) atoms. The summed E-state index contributed by atoms with van der Waals surface area (Å²) in [6.45, 7) is 6.73. The van der Waals surface area contributed by atoms with Gasteiger partial charge in [-0.25, -0.2) is 0 Å². The van der Waals surface area contributed by atoms with Crippen LogP contribution in [0.5, 0.6) is 0 Å². The predicted octanol–water partition coefficient (Wildman–Crippen LogP) is 2.58. The van der Waals surface area contributed by atoms with Crippen molar-refractivity contribution in [2.75, 3.05) is 19.6 Å². The first-order valence-corrected chi connectivity index (χ1v) is 7.28. The van der Waals surface area contributed by atoms with Crippen LogP contribution in [0.3, 0.4) is 0 Å². The third kappa shape index (κ3) is 3.83.